The number of pyridine rings is 1. The lowest BCUT2D eigenvalue weighted by molar-refractivity contribution is -0.384. The molecule has 17 nitrogen and oxygen atoms in total. The number of piperidine rings is 1. The first kappa shape index (κ1) is 45.2. The van der Waals surface area contributed by atoms with Crippen molar-refractivity contribution in [3.05, 3.63) is 99.7 Å². The molecule has 2 aromatic heterocycles. The van der Waals surface area contributed by atoms with E-state index in [4.69, 9.17) is 19.2 Å². The van der Waals surface area contributed by atoms with Crippen molar-refractivity contribution in [1.29, 1.82) is 0 Å². The summed E-state index contributed by atoms with van der Waals surface area (Å²) in [5.41, 5.74) is 5.82. The molecule has 4 atom stereocenters. The third kappa shape index (κ3) is 8.19. The lowest BCUT2D eigenvalue weighted by atomic mass is 9.59. The van der Waals surface area contributed by atoms with Crippen LogP contribution in [0, 0.1) is 15.5 Å². The van der Waals surface area contributed by atoms with Crippen molar-refractivity contribution in [1.82, 2.24) is 24.5 Å². The molecule has 1 aliphatic carbocycles. The van der Waals surface area contributed by atoms with Gasteiger partial charge >= 0.3 is 0 Å². The molecule has 3 aromatic carbocycles. The second-order valence-corrected chi connectivity index (χ2v) is 22.7. The number of hydrogen-bond donors (Lipinski definition) is 3. The van der Waals surface area contributed by atoms with Gasteiger partial charge in [0.2, 0.25) is 5.88 Å². The molecule has 12 rings (SSSR count). The fourth-order valence-corrected chi connectivity index (χ4v) is 13.8. The standard InChI is InChI=1S/C52H61N9O8S/c1-32(2)40-7-3-4-8-41(40)43-9-5-16-59(43)37-26-52(27-37)13-18-57(19-14-52)35-10-11-42(44(23-35)60-17-6-20-67-51-46(60)21-33-12-15-53-49(33)55-51)50(62)56-70(65,66)39-24-45(61(63)64)48-47(25-39)69-30-34(54-48)28-58-29-38-22-36(58)31-68-38/h3-4,7-8,10-12,15,21,23-25,32,34,36-38,43,54H,5-6,9,13-14,16-20,22,26-31H2,1-2H3,(H,53,55)(H,56,62)/t34-,36+,38+,43+/m1/s1. The summed E-state index contributed by atoms with van der Waals surface area (Å²) in [6.45, 7) is 10.6. The number of benzene rings is 3. The van der Waals surface area contributed by atoms with Crippen molar-refractivity contribution in [2.24, 2.45) is 5.41 Å². The smallest absolute Gasteiger partial charge is 0.297 e. The van der Waals surface area contributed by atoms with Crippen molar-refractivity contribution >= 4 is 55.4 Å². The van der Waals surface area contributed by atoms with Gasteiger partial charge in [0.1, 0.15) is 17.9 Å². The molecule has 8 heterocycles. The summed E-state index contributed by atoms with van der Waals surface area (Å²) in [6.07, 6.45) is 10.6. The van der Waals surface area contributed by atoms with E-state index in [1.165, 1.54) is 42.9 Å². The average molecular weight is 972 g/mol. The molecular formula is C52H61N9O8S. The number of hydrogen-bond acceptors (Lipinski definition) is 14. The molecule has 5 aromatic rings. The predicted octanol–water partition coefficient (Wildman–Crippen LogP) is 7.87. The van der Waals surface area contributed by atoms with Crippen LogP contribution in [0.5, 0.6) is 11.6 Å². The first-order chi connectivity index (χ1) is 33.9. The lowest BCUT2D eigenvalue weighted by Crippen LogP contribution is -2.55. The molecule has 2 bridgehead atoms. The summed E-state index contributed by atoms with van der Waals surface area (Å²) in [7, 11) is -4.66. The Balaban J connectivity index is 0.798. The summed E-state index contributed by atoms with van der Waals surface area (Å²) < 4.78 is 48.7. The Labute approximate surface area is 408 Å². The number of H-pyrrole nitrogens is 1. The minimum absolute atomic E-state index is 0.0349. The Kier molecular flexibility index (Phi) is 11.4. The van der Waals surface area contributed by atoms with Gasteiger partial charge in [0.25, 0.3) is 21.6 Å². The summed E-state index contributed by atoms with van der Waals surface area (Å²) >= 11 is 0. The van der Waals surface area contributed by atoms with Crippen LogP contribution in [0.2, 0.25) is 0 Å². The highest BCUT2D eigenvalue weighted by molar-refractivity contribution is 7.90. The van der Waals surface area contributed by atoms with Gasteiger partial charge in [-0.25, -0.2) is 13.1 Å². The first-order valence-corrected chi connectivity index (χ1v) is 26.6. The fourth-order valence-electron chi connectivity index (χ4n) is 12.8. The van der Waals surface area contributed by atoms with Crippen LogP contribution < -0.4 is 29.3 Å². The molecular weight excluding hydrogens is 911 g/mol. The number of carbonyl (C=O) groups is 1. The monoisotopic (exact) mass is 971 g/mol. The molecule has 3 N–H and O–H groups in total. The summed E-state index contributed by atoms with van der Waals surface area (Å²) in [5.74, 6) is 0.0594. The van der Waals surface area contributed by atoms with Crippen LogP contribution >= 0.6 is 0 Å². The van der Waals surface area contributed by atoms with Gasteiger partial charge in [0.05, 0.1) is 46.4 Å². The van der Waals surface area contributed by atoms with Gasteiger partial charge in [0.15, 0.2) is 11.4 Å². The Hall–Kier alpha value is -5.95. The molecule has 1 saturated carbocycles. The predicted molar refractivity (Wildman–Crippen MR) is 266 cm³/mol. The SMILES string of the molecule is CC(C)c1ccccc1[C@@H]1CCCN1C1CC2(CCN(c3ccc(C(=O)NS(=O)(=O)c4cc5c(c([N+](=O)[O-])c4)N[C@H](CN4C[C@@H]6C[C@H]4CO6)CO5)c(N4CCCOc5nc6[nH]ccc6cc54)c3)CC2)C1. The third-order valence-corrected chi connectivity index (χ3v) is 17.7. The highest BCUT2D eigenvalue weighted by atomic mass is 32.2. The van der Waals surface area contributed by atoms with Crippen molar-refractivity contribution in [3.8, 4) is 11.6 Å². The van der Waals surface area contributed by atoms with Crippen LogP contribution in [0.1, 0.15) is 98.7 Å². The number of fused-ring (bicyclic) bond motifs is 5. The quantitative estimate of drug-likeness (QED) is 0.0857. The zero-order valence-corrected chi connectivity index (χ0v) is 40.6. The average Bonchev–Trinajstić information content (AvgIpc) is 4.17. The van der Waals surface area contributed by atoms with Crippen LogP contribution in [0.4, 0.5) is 28.4 Å². The van der Waals surface area contributed by atoms with Gasteiger partial charge in [-0.15, -0.1) is 0 Å². The maximum Gasteiger partial charge on any atom is 0.297 e. The number of morpholine rings is 1. The van der Waals surface area contributed by atoms with Crippen LogP contribution in [-0.2, 0) is 14.8 Å². The van der Waals surface area contributed by atoms with E-state index in [1.807, 2.05) is 35.4 Å². The molecule has 18 heteroatoms. The van der Waals surface area contributed by atoms with E-state index < -0.39 is 31.4 Å². The number of nitrogens with one attached hydrogen (secondary N) is 3. The van der Waals surface area contributed by atoms with Crippen molar-refractivity contribution < 1.29 is 32.3 Å². The largest absolute Gasteiger partial charge is 0.489 e. The van der Waals surface area contributed by atoms with E-state index in [9.17, 15) is 23.3 Å². The maximum absolute atomic E-state index is 14.6. The van der Waals surface area contributed by atoms with Crippen molar-refractivity contribution in [3.63, 3.8) is 0 Å². The summed E-state index contributed by atoms with van der Waals surface area (Å²) in [6, 6.07) is 21.9. The lowest BCUT2D eigenvalue weighted by Gasteiger charge is -2.56. The zero-order chi connectivity index (χ0) is 47.9. The third-order valence-electron chi connectivity index (χ3n) is 16.4. The topological polar surface area (TPSA) is 188 Å². The van der Waals surface area contributed by atoms with Gasteiger partial charge in [0, 0.05) is 80.3 Å². The van der Waals surface area contributed by atoms with Crippen LogP contribution in [0.15, 0.2) is 77.8 Å². The Bertz CT molecular complexity index is 2970. The van der Waals surface area contributed by atoms with Gasteiger partial charge < -0.3 is 34.3 Å². The number of likely N-dealkylation sites (tertiary alicyclic amines) is 2. The number of amides is 1. The zero-order valence-electron chi connectivity index (χ0n) is 39.8. The van der Waals surface area contributed by atoms with Crippen LogP contribution in [0.3, 0.4) is 0 Å². The van der Waals surface area contributed by atoms with Gasteiger partial charge in [-0.05, 0) is 111 Å². The second kappa shape index (κ2) is 17.7. The van der Waals surface area contributed by atoms with E-state index >= 15 is 0 Å². The van der Waals surface area contributed by atoms with Crippen molar-refractivity contribution in [2.45, 2.75) is 106 Å². The molecule has 1 spiro atoms. The Morgan fingerprint density at radius 1 is 0.971 bits per heavy atom. The molecule has 5 fully saturated rings. The number of rotatable bonds is 11. The number of aromatic amines is 1. The second-order valence-electron chi connectivity index (χ2n) is 21.0. The number of nitro groups is 1. The van der Waals surface area contributed by atoms with E-state index in [1.54, 1.807) is 6.07 Å². The van der Waals surface area contributed by atoms with E-state index in [-0.39, 0.29) is 35.8 Å². The molecule has 1 amide bonds. The molecule has 0 unspecified atom stereocenters. The first-order valence-electron chi connectivity index (χ1n) is 25.2. The Morgan fingerprint density at radius 2 is 1.81 bits per heavy atom. The normalized spacial score (nSPS) is 24.4. The number of ether oxygens (including phenoxy) is 3. The minimum atomic E-state index is -4.66. The number of carbonyl (C=O) groups excluding carboxylic acids is 1. The van der Waals surface area contributed by atoms with Crippen LogP contribution in [-0.4, -0.2) is 122 Å². The van der Waals surface area contributed by atoms with Gasteiger partial charge in [-0.3, -0.25) is 24.7 Å². The van der Waals surface area contributed by atoms with Crippen LogP contribution in [0.25, 0.3) is 11.0 Å². The molecule has 70 heavy (non-hydrogen) atoms. The van der Waals surface area contributed by atoms with Crippen molar-refractivity contribution in [2.75, 3.05) is 74.2 Å². The van der Waals surface area contributed by atoms with Gasteiger partial charge in [-0.2, -0.15) is 4.98 Å². The fraction of sp³-hybridized carbons (Fsp3) is 0.500. The maximum atomic E-state index is 14.6. The Morgan fingerprint density at radius 3 is 2.60 bits per heavy atom. The van der Waals surface area contributed by atoms with E-state index in [0.717, 1.165) is 62.6 Å². The molecule has 7 aliphatic rings. The number of aromatic nitrogens is 2. The highest BCUT2D eigenvalue weighted by Crippen LogP contribution is 2.54. The summed E-state index contributed by atoms with van der Waals surface area (Å²) in [5, 5.41) is 16.6. The minimum Gasteiger partial charge on any atom is -0.489 e. The number of sulfonamides is 1. The molecule has 0 radical (unpaired) electrons. The van der Waals surface area contributed by atoms with E-state index in [2.05, 4.69) is 67.8 Å². The molecule has 6 aliphatic heterocycles. The molecule has 4 saturated heterocycles. The highest BCUT2D eigenvalue weighted by Gasteiger charge is 2.50. The summed E-state index contributed by atoms with van der Waals surface area (Å²) in [4.78, 5) is 43.4. The number of anilines is 4. The van der Waals surface area contributed by atoms with Gasteiger partial charge in [-0.1, -0.05) is 38.1 Å². The van der Waals surface area contributed by atoms with E-state index in [0.29, 0.717) is 85.1 Å². The number of nitro benzene ring substituents is 1. The molecule has 368 valence electrons. The number of nitrogens with zero attached hydrogens (tertiary/aromatic N) is 6.